The summed E-state index contributed by atoms with van der Waals surface area (Å²) in [6.07, 6.45) is 0. The molecule has 0 N–H and O–H groups in total. The standard InChI is InChI=1S/C60H33NO2/c62-59-49-32-29-45-43-24-12-22-39-37(26-28-44(53(39)43)46-30-33-50(56(49)55(45)46)60(63)61(59)36-18-8-3-9-19-36)38-27-31-48-54-40(38)23-13-25-47(54)57-51(34-14-4-1-5-15-34)41-20-10-11-21-42(41)52(58(48)57)35-16-6-2-7-17-35/h1-33H. The van der Waals surface area contributed by atoms with Crippen LogP contribution in [0, 0.1) is 0 Å². The third kappa shape index (κ3) is 4.47. The van der Waals surface area contributed by atoms with Crippen LogP contribution in [0.4, 0.5) is 5.69 Å². The van der Waals surface area contributed by atoms with Crippen molar-refractivity contribution < 1.29 is 9.59 Å². The summed E-state index contributed by atoms with van der Waals surface area (Å²) in [5.74, 6) is -0.591. The molecule has 2 aliphatic rings. The molecular formula is C60H33NO2. The second kappa shape index (κ2) is 12.6. The number of hydrogen-bond donors (Lipinski definition) is 0. The van der Waals surface area contributed by atoms with Gasteiger partial charge in [0, 0.05) is 16.5 Å². The lowest BCUT2D eigenvalue weighted by Gasteiger charge is -2.28. The van der Waals surface area contributed by atoms with Crippen molar-refractivity contribution in [3.8, 4) is 55.6 Å². The number of carbonyl (C=O) groups is 2. The van der Waals surface area contributed by atoms with Crippen LogP contribution < -0.4 is 4.90 Å². The molecule has 1 heterocycles. The summed E-state index contributed by atoms with van der Waals surface area (Å²) in [5.41, 5.74) is 14.1. The number of imide groups is 1. The van der Waals surface area contributed by atoms with Crippen molar-refractivity contribution in [2.45, 2.75) is 0 Å². The first-order valence-electron chi connectivity index (χ1n) is 21.5. The average Bonchev–Trinajstić information content (AvgIpc) is 3.67. The lowest BCUT2D eigenvalue weighted by atomic mass is 9.82. The van der Waals surface area contributed by atoms with Gasteiger partial charge in [-0.3, -0.25) is 9.59 Å². The van der Waals surface area contributed by atoms with Crippen molar-refractivity contribution in [2.24, 2.45) is 0 Å². The highest BCUT2D eigenvalue weighted by atomic mass is 16.2. The molecule has 1 aliphatic carbocycles. The number of para-hydroxylation sites is 1. The zero-order valence-corrected chi connectivity index (χ0v) is 33.8. The number of rotatable bonds is 4. The molecule has 0 spiro atoms. The first kappa shape index (κ1) is 34.3. The van der Waals surface area contributed by atoms with Gasteiger partial charge in [0.1, 0.15) is 0 Å². The first-order valence-corrected chi connectivity index (χ1v) is 21.5. The van der Waals surface area contributed by atoms with Gasteiger partial charge in [-0.15, -0.1) is 0 Å². The number of amides is 2. The maximum Gasteiger partial charge on any atom is 0.265 e. The summed E-state index contributed by atoms with van der Waals surface area (Å²) in [6, 6.07) is 70.5. The van der Waals surface area contributed by atoms with Crippen LogP contribution in [-0.2, 0) is 0 Å². The Bertz CT molecular complexity index is 3820. The fourth-order valence-electron chi connectivity index (χ4n) is 11.4. The lowest BCUT2D eigenvalue weighted by Crippen LogP contribution is -2.40. The van der Waals surface area contributed by atoms with Crippen molar-refractivity contribution >= 4 is 82.1 Å². The molecule has 0 radical (unpaired) electrons. The number of anilines is 1. The molecule has 12 aromatic rings. The summed E-state index contributed by atoms with van der Waals surface area (Å²) in [5, 5.41) is 13.3. The molecule has 290 valence electrons. The molecule has 1 aliphatic heterocycles. The summed E-state index contributed by atoms with van der Waals surface area (Å²) in [7, 11) is 0. The molecule has 63 heavy (non-hydrogen) atoms. The van der Waals surface area contributed by atoms with E-state index >= 15 is 0 Å². The van der Waals surface area contributed by atoms with Gasteiger partial charge in [-0.2, -0.15) is 0 Å². The summed E-state index contributed by atoms with van der Waals surface area (Å²) < 4.78 is 0. The van der Waals surface area contributed by atoms with E-state index in [1.807, 2.05) is 42.5 Å². The molecule has 0 unspecified atom stereocenters. The van der Waals surface area contributed by atoms with E-state index in [0.717, 1.165) is 32.3 Å². The molecule has 0 atom stereocenters. The second-order valence-corrected chi connectivity index (χ2v) is 16.9. The minimum absolute atomic E-state index is 0.296. The van der Waals surface area contributed by atoms with Crippen LogP contribution >= 0.6 is 0 Å². The molecule has 2 amide bonds. The predicted octanol–water partition coefficient (Wildman–Crippen LogP) is 15.5. The Kier molecular flexibility index (Phi) is 6.85. The molecule has 0 fully saturated rings. The fourth-order valence-corrected chi connectivity index (χ4v) is 11.4. The topological polar surface area (TPSA) is 37.4 Å². The minimum atomic E-state index is -0.296. The SMILES string of the molecule is O=C1c2ccc3c4cccc5c(-c6ccc7c8c(cccc68)-c6c-7c(-c7ccccc7)c7ccccc7c6-c6ccccc6)ccc(c6ccc(c2c36)C(=O)N1c1ccccc1)c54. The third-order valence-corrected chi connectivity index (χ3v) is 13.9. The highest BCUT2D eigenvalue weighted by Crippen LogP contribution is 2.59. The van der Waals surface area contributed by atoms with E-state index in [4.69, 9.17) is 0 Å². The van der Waals surface area contributed by atoms with Gasteiger partial charge in [-0.1, -0.05) is 176 Å². The van der Waals surface area contributed by atoms with Gasteiger partial charge >= 0.3 is 0 Å². The average molecular weight is 800 g/mol. The molecular weight excluding hydrogens is 767 g/mol. The zero-order chi connectivity index (χ0) is 41.5. The van der Waals surface area contributed by atoms with E-state index in [-0.39, 0.29) is 11.8 Å². The predicted molar refractivity (Wildman–Crippen MR) is 261 cm³/mol. The van der Waals surface area contributed by atoms with Gasteiger partial charge in [0.15, 0.2) is 0 Å². The van der Waals surface area contributed by atoms with Crippen LogP contribution in [0.15, 0.2) is 200 Å². The van der Waals surface area contributed by atoms with E-state index in [0.29, 0.717) is 16.8 Å². The summed E-state index contributed by atoms with van der Waals surface area (Å²) in [4.78, 5) is 29.6. The van der Waals surface area contributed by atoms with Crippen molar-refractivity contribution in [2.75, 3.05) is 4.90 Å². The maximum absolute atomic E-state index is 14.2. The maximum atomic E-state index is 14.2. The smallest absolute Gasteiger partial charge is 0.265 e. The number of hydrogen-bond acceptors (Lipinski definition) is 2. The molecule has 3 heteroatoms. The van der Waals surface area contributed by atoms with E-state index in [9.17, 15) is 9.59 Å². The van der Waals surface area contributed by atoms with Crippen LogP contribution in [-0.4, -0.2) is 11.8 Å². The van der Waals surface area contributed by atoms with Gasteiger partial charge in [0.05, 0.1) is 5.69 Å². The summed E-state index contributed by atoms with van der Waals surface area (Å²) >= 11 is 0. The Balaban J connectivity index is 1.03. The Morgan fingerprint density at radius 3 is 1.22 bits per heavy atom. The Labute approximate surface area is 362 Å². The molecule has 0 saturated carbocycles. The van der Waals surface area contributed by atoms with Crippen molar-refractivity contribution in [1.82, 2.24) is 0 Å². The first-order chi connectivity index (χ1) is 31.2. The van der Waals surface area contributed by atoms with Crippen LogP contribution in [0.25, 0.3) is 120 Å². The largest absolute Gasteiger partial charge is 0.268 e. The third-order valence-electron chi connectivity index (χ3n) is 13.9. The Morgan fingerprint density at radius 2 is 0.635 bits per heavy atom. The van der Waals surface area contributed by atoms with Crippen LogP contribution in [0.3, 0.4) is 0 Å². The zero-order valence-electron chi connectivity index (χ0n) is 33.8. The fraction of sp³-hybridized carbons (Fsp3) is 0. The highest BCUT2D eigenvalue weighted by molar-refractivity contribution is 6.43. The molecule has 0 saturated heterocycles. The van der Waals surface area contributed by atoms with E-state index in [1.165, 1.54) is 92.9 Å². The van der Waals surface area contributed by atoms with Gasteiger partial charge in [-0.05, 0) is 139 Å². The lowest BCUT2D eigenvalue weighted by molar-refractivity contribution is 0.0893. The van der Waals surface area contributed by atoms with Gasteiger partial charge in [-0.25, -0.2) is 4.90 Å². The van der Waals surface area contributed by atoms with Crippen LogP contribution in [0.5, 0.6) is 0 Å². The van der Waals surface area contributed by atoms with Gasteiger partial charge in [0.25, 0.3) is 11.8 Å². The normalized spacial score (nSPS) is 13.1. The molecule has 12 aromatic carbocycles. The quantitative estimate of drug-likeness (QED) is 0.101. The number of benzene rings is 12. The Morgan fingerprint density at radius 1 is 0.238 bits per heavy atom. The molecule has 3 nitrogen and oxygen atoms in total. The number of carbonyl (C=O) groups excluding carboxylic acids is 2. The van der Waals surface area contributed by atoms with Crippen molar-refractivity contribution in [1.29, 1.82) is 0 Å². The van der Waals surface area contributed by atoms with Crippen LogP contribution in [0.1, 0.15) is 20.7 Å². The van der Waals surface area contributed by atoms with E-state index in [1.54, 1.807) is 0 Å². The molecule has 0 bridgehead atoms. The van der Waals surface area contributed by atoms with Gasteiger partial charge < -0.3 is 0 Å². The summed E-state index contributed by atoms with van der Waals surface area (Å²) in [6.45, 7) is 0. The second-order valence-electron chi connectivity index (χ2n) is 16.9. The number of nitrogens with zero attached hydrogens (tertiary/aromatic N) is 1. The molecule has 0 aromatic heterocycles. The Hall–Kier alpha value is -8.40. The van der Waals surface area contributed by atoms with Crippen LogP contribution in [0.2, 0.25) is 0 Å². The minimum Gasteiger partial charge on any atom is -0.268 e. The van der Waals surface area contributed by atoms with E-state index in [2.05, 4.69) is 158 Å². The van der Waals surface area contributed by atoms with Crippen molar-refractivity contribution in [3.63, 3.8) is 0 Å². The number of fused-ring (bicyclic) bond motifs is 6. The molecule has 14 rings (SSSR count). The monoisotopic (exact) mass is 799 g/mol. The highest BCUT2D eigenvalue weighted by Gasteiger charge is 2.36. The van der Waals surface area contributed by atoms with Crippen molar-refractivity contribution in [3.05, 3.63) is 211 Å². The van der Waals surface area contributed by atoms with Gasteiger partial charge in [0.2, 0.25) is 0 Å². The van der Waals surface area contributed by atoms with E-state index < -0.39 is 0 Å².